The molecule has 0 saturated carbocycles. The van der Waals surface area contributed by atoms with Gasteiger partial charge in [-0.15, -0.1) is 11.3 Å². The zero-order valence-electron chi connectivity index (χ0n) is 10.3. The molecule has 1 aliphatic rings. The number of nitrogens with one attached hydrogen (secondary N) is 1. The predicted molar refractivity (Wildman–Crippen MR) is 80.1 cm³/mol. The molecule has 1 aromatic carbocycles. The van der Waals surface area contributed by atoms with E-state index in [1.54, 1.807) is 17.4 Å². The highest BCUT2D eigenvalue weighted by atomic mass is 79.9. The second-order valence-corrected chi connectivity index (χ2v) is 6.46. The highest BCUT2D eigenvalue weighted by Gasteiger charge is 2.19. The maximum Gasteiger partial charge on any atom is 0.124 e. The number of hydrogen-bond acceptors (Lipinski definition) is 3. The maximum absolute atomic E-state index is 13.1. The van der Waals surface area contributed by atoms with E-state index in [1.165, 1.54) is 17.1 Å². The van der Waals surface area contributed by atoms with Crippen molar-refractivity contribution >= 4 is 27.3 Å². The molecule has 1 N–H and O–H groups in total. The number of rotatable bonds is 2. The fourth-order valence-corrected chi connectivity index (χ4v) is 3.91. The van der Waals surface area contributed by atoms with Crippen LogP contribution in [0.25, 0.3) is 11.3 Å². The van der Waals surface area contributed by atoms with Crippen molar-refractivity contribution in [1.29, 1.82) is 0 Å². The first-order chi connectivity index (χ1) is 9.24. The van der Waals surface area contributed by atoms with Crippen LogP contribution in [0, 0.1) is 5.82 Å². The van der Waals surface area contributed by atoms with E-state index in [9.17, 15) is 4.39 Å². The van der Waals surface area contributed by atoms with E-state index >= 15 is 0 Å². The van der Waals surface area contributed by atoms with Crippen LogP contribution in [0.5, 0.6) is 0 Å². The Morgan fingerprint density at radius 3 is 2.84 bits per heavy atom. The topological polar surface area (TPSA) is 24.9 Å². The Morgan fingerprint density at radius 1 is 1.32 bits per heavy atom. The summed E-state index contributed by atoms with van der Waals surface area (Å²) in [5.74, 6) is 0.337. The average molecular weight is 341 g/mol. The summed E-state index contributed by atoms with van der Waals surface area (Å²) < 4.78 is 13.9. The van der Waals surface area contributed by atoms with Gasteiger partial charge in [-0.25, -0.2) is 9.37 Å². The van der Waals surface area contributed by atoms with Gasteiger partial charge in [-0.1, -0.05) is 0 Å². The first kappa shape index (κ1) is 13.2. The van der Waals surface area contributed by atoms with Crippen molar-refractivity contribution in [3.8, 4) is 11.3 Å². The quantitative estimate of drug-likeness (QED) is 0.886. The normalized spacial score (nSPS) is 16.7. The Hall–Kier alpha value is -0.780. The second kappa shape index (κ2) is 5.69. The molecule has 5 heteroatoms. The number of aromatic nitrogens is 1. The summed E-state index contributed by atoms with van der Waals surface area (Å²) in [7, 11) is 0. The summed E-state index contributed by atoms with van der Waals surface area (Å²) in [5, 5.41) is 6.63. The Balaban J connectivity index is 1.87. The second-order valence-electron chi connectivity index (χ2n) is 4.72. The molecule has 2 heterocycles. The number of halogens is 2. The molecule has 3 rings (SSSR count). The van der Waals surface area contributed by atoms with Crippen LogP contribution in [0.2, 0.25) is 0 Å². The molecule has 1 saturated heterocycles. The zero-order chi connectivity index (χ0) is 13.2. The van der Waals surface area contributed by atoms with Crippen molar-refractivity contribution < 1.29 is 4.39 Å². The van der Waals surface area contributed by atoms with Gasteiger partial charge in [0.05, 0.1) is 10.7 Å². The number of piperidine rings is 1. The number of hydrogen-bond donors (Lipinski definition) is 1. The predicted octanol–water partition coefficient (Wildman–Crippen LogP) is 4.18. The molecule has 1 fully saturated rings. The Bertz CT molecular complexity index is 579. The number of thiazole rings is 1. The lowest BCUT2D eigenvalue weighted by atomic mass is 9.99. The molecular formula is C14H14BrFN2S. The van der Waals surface area contributed by atoms with Gasteiger partial charge in [-0.05, 0) is 60.1 Å². The minimum atomic E-state index is -0.232. The highest BCUT2D eigenvalue weighted by molar-refractivity contribution is 9.10. The Labute approximate surface area is 124 Å². The van der Waals surface area contributed by atoms with E-state index < -0.39 is 0 Å². The minimum absolute atomic E-state index is 0.232. The van der Waals surface area contributed by atoms with Gasteiger partial charge in [-0.3, -0.25) is 0 Å². The molecule has 0 atom stereocenters. The van der Waals surface area contributed by atoms with Gasteiger partial charge in [0.2, 0.25) is 0 Å². The summed E-state index contributed by atoms with van der Waals surface area (Å²) in [6, 6.07) is 4.74. The molecule has 0 spiro atoms. The molecule has 0 radical (unpaired) electrons. The van der Waals surface area contributed by atoms with Crippen LogP contribution in [-0.4, -0.2) is 18.1 Å². The largest absolute Gasteiger partial charge is 0.317 e. The van der Waals surface area contributed by atoms with Crippen molar-refractivity contribution in [1.82, 2.24) is 10.3 Å². The van der Waals surface area contributed by atoms with Crippen molar-refractivity contribution in [2.45, 2.75) is 18.8 Å². The molecule has 1 aromatic heterocycles. The summed E-state index contributed by atoms with van der Waals surface area (Å²) in [5.41, 5.74) is 1.89. The summed E-state index contributed by atoms with van der Waals surface area (Å²) >= 11 is 5.11. The summed E-state index contributed by atoms with van der Waals surface area (Å²) in [4.78, 5) is 4.73. The standard InChI is InChI=1S/C14H14BrFN2S/c15-12-7-10(16)1-2-11(12)13-8-19-14(18-13)9-3-5-17-6-4-9/h1-2,7-9,17H,3-6H2. The first-order valence-electron chi connectivity index (χ1n) is 6.35. The lowest BCUT2D eigenvalue weighted by Crippen LogP contribution is -2.26. The zero-order valence-corrected chi connectivity index (χ0v) is 12.7. The van der Waals surface area contributed by atoms with Crippen LogP contribution >= 0.6 is 27.3 Å². The van der Waals surface area contributed by atoms with Crippen LogP contribution in [0.4, 0.5) is 4.39 Å². The number of benzene rings is 1. The molecule has 2 aromatic rings. The third kappa shape index (κ3) is 2.88. The fraction of sp³-hybridized carbons (Fsp3) is 0.357. The van der Waals surface area contributed by atoms with Gasteiger partial charge in [0.1, 0.15) is 5.82 Å². The van der Waals surface area contributed by atoms with E-state index in [-0.39, 0.29) is 5.82 Å². The lowest BCUT2D eigenvalue weighted by molar-refractivity contribution is 0.459. The highest BCUT2D eigenvalue weighted by Crippen LogP contribution is 2.34. The molecule has 19 heavy (non-hydrogen) atoms. The smallest absolute Gasteiger partial charge is 0.124 e. The van der Waals surface area contributed by atoms with Crippen LogP contribution in [0.1, 0.15) is 23.8 Å². The number of nitrogens with zero attached hydrogens (tertiary/aromatic N) is 1. The van der Waals surface area contributed by atoms with Crippen LogP contribution in [-0.2, 0) is 0 Å². The van der Waals surface area contributed by atoms with E-state index in [1.807, 2.05) is 0 Å². The Kier molecular flexibility index (Phi) is 3.96. The van der Waals surface area contributed by atoms with Crippen LogP contribution in [0.3, 0.4) is 0 Å². The van der Waals surface area contributed by atoms with Gasteiger partial charge in [-0.2, -0.15) is 0 Å². The van der Waals surface area contributed by atoms with E-state index in [2.05, 4.69) is 26.6 Å². The third-order valence-electron chi connectivity index (χ3n) is 3.42. The van der Waals surface area contributed by atoms with Gasteiger partial charge < -0.3 is 5.32 Å². The monoisotopic (exact) mass is 340 g/mol. The molecule has 0 amide bonds. The molecule has 0 unspecified atom stereocenters. The molecule has 0 bridgehead atoms. The van der Waals surface area contributed by atoms with Gasteiger partial charge in [0, 0.05) is 21.3 Å². The molecule has 0 aliphatic carbocycles. The SMILES string of the molecule is Fc1ccc(-c2csc(C3CCNCC3)n2)c(Br)c1. The minimum Gasteiger partial charge on any atom is -0.317 e. The van der Waals surface area contributed by atoms with Crippen molar-refractivity contribution in [2.75, 3.05) is 13.1 Å². The van der Waals surface area contributed by atoms with E-state index in [4.69, 9.17) is 4.98 Å². The molecule has 100 valence electrons. The third-order valence-corrected chi connectivity index (χ3v) is 5.08. The Morgan fingerprint density at radius 2 is 2.11 bits per heavy atom. The summed E-state index contributed by atoms with van der Waals surface area (Å²) in [6.07, 6.45) is 2.30. The van der Waals surface area contributed by atoms with E-state index in [0.717, 1.165) is 41.7 Å². The van der Waals surface area contributed by atoms with Gasteiger partial charge in [0.15, 0.2) is 0 Å². The average Bonchev–Trinajstić information content (AvgIpc) is 2.89. The molecule has 1 aliphatic heterocycles. The van der Waals surface area contributed by atoms with E-state index in [0.29, 0.717) is 5.92 Å². The van der Waals surface area contributed by atoms with Gasteiger partial charge in [0.25, 0.3) is 0 Å². The van der Waals surface area contributed by atoms with Crippen LogP contribution < -0.4 is 5.32 Å². The fourth-order valence-electron chi connectivity index (χ4n) is 2.36. The summed E-state index contributed by atoms with van der Waals surface area (Å²) in [6.45, 7) is 2.14. The van der Waals surface area contributed by atoms with Crippen LogP contribution in [0.15, 0.2) is 28.1 Å². The first-order valence-corrected chi connectivity index (χ1v) is 8.03. The van der Waals surface area contributed by atoms with Gasteiger partial charge >= 0.3 is 0 Å². The lowest BCUT2D eigenvalue weighted by Gasteiger charge is -2.20. The van der Waals surface area contributed by atoms with Crippen molar-refractivity contribution in [3.63, 3.8) is 0 Å². The van der Waals surface area contributed by atoms with Crippen molar-refractivity contribution in [2.24, 2.45) is 0 Å². The molecular weight excluding hydrogens is 327 g/mol. The molecule has 2 nitrogen and oxygen atoms in total. The van der Waals surface area contributed by atoms with Crippen molar-refractivity contribution in [3.05, 3.63) is 38.9 Å². The maximum atomic E-state index is 13.1.